The molecule has 1 aromatic carbocycles. The van der Waals surface area contributed by atoms with Crippen LogP contribution in [0.15, 0.2) is 29.1 Å². The van der Waals surface area contributed by atoms with Crippen LogP contribution in [0.2, 0.25) is 0 Å². The van der Waals surface area contributed by atoms with Crippen LogP contribution in [0.25, 0.3) is 10.2 Å². The zero-order valence-corrected chi connectivity index (χ0v) is 15.4. The van der Waals surface area contributed by atoms with Crippen LogP contribution >= 0.6 is 11.3 Å². The van der Waals surface area contributed by atoms with Crippen molar-refractivity contribution in [2.45, 2.75) is 33.2 Å². The van der Waals surface area contributed by atoms with Crippen molar-refractivity contribution in [3.8, 4) is 6.07 Å². The number of nitrogens with zero attached hydrogens (tertiary/aromatic N) is 3. The van der Waals surface area contributed by atoms with Gasteiger partial charge in [0.05, 0.1) is 23.6 Å². The number of carbonyl (C=O) groups is 1. The summed E-state index contributed by atoms with van der Waals surface area (Å²) in [5, 5.41) is 18.8. The highest BCUT2D eigenvalue weighted by Crippen LogP contribution is 2.28. The minimum atomic E-state index is -1.05. The number of nitriles is 1. The Morgan fingerprint density at radius 3 is 2.77 bits per heavy atom. The van der Waals surface area contributed by atoms with Crippen molar-refractivity contribution in [1.82, 2.24) is 9.55 Å². The van der Waals surface area contributed by atoms with Crippen LogP contribution in [0.4, 0.5) is 0 Å². The van der Waals surface area contributed by atoms with E-state index in [2.05, 4.69) is 11.1 Å². The monoisotopic (exact) mass is 367 g/mol. The first kappa shape index (κ1) is 17.8. The fraction of sp³-hybridized carbons (Fsp3) is 0.263. The van der Waals surface area contributed by atoms with E-state index in [-0.39, 0.29) is 22.9 Å². The van der Waals surface area contributed by atoms with Crippen molar-refractivity contribution in [2.75, 3.05) is 0 Å². The predicted octanol–water partition coefficient (Wildman–Crippen LogP) is 3.51. The molecule has 0 atom stereocenters. The van der Waals surface area contributed by atoms with E-state index in [9.17, 15) is 14.7 Å². The molecule has 132 valence electrons. The maximum Gasteiger partial charge on any atom is 0.346 e. The summed E-state index contributed by atoms with van der Waals surface area (Å²) in [7, 11) is 0. The van der Waals surface area contributed by atoms with Gasteiger partial charge in [-0.2, -0.15) is 5.26 Å². The molecule has 0 fully saturated rings. The van der Waals surface area contributed by atoms with Crippen LogP contribution in [0, 0.1) is 18.3 Å². The van der Waals surface area contributed by atoms with E-state index < -0.39 is 5.97 Å². The van der Waals surface area contributed by atoms with Gasteiger partial charge < -0.3 is 5.11 Å². The van der Waals surface area contributed by atoms with Gasteiger partial charge in [-0.25, -0.2) is 9.78 Å². The standard InChI is InChI=1S/C19H17N3O3S/c1-10(2)16-21-17-14(11(3)15(26-17)19(24)25)18(23)22(16)9-13-6-4-5-12(7-13)8-20/h4-7,10H,9H2,1-3H3,(H,24,25). The maximum atomic E-state index is 13.1. The number of aromatic nitrogens is 2. The van der Waals surface area contributed by atoms with Crippen LogP contribution in [-0.2, 0) is 6.54 Å². The molecular weight excluding hydrogens is 350 g/mol. The topological polar surface area (TPSA) is 96.0 Å². The third-order valence-corrected chi connectivity index (χ3v) is 5.36. The average Bonchev–Trinajstić information content (AvgIpc) is 2.94. The molecule has 0 radical (unpaired) electrons. The van der Waals surface area contributed by atoms with E-state index >= 15 is 0 Å². The number of hydrogen-bond donors (Lipinski definition) is 1. The molecule has 0 bridgehead atoms. The number of hydrogen-bond acceptors (Lipinski definition) is 5. The molecule has 3 rings (SSSR count). The highest BCUT2D eigenvalue weighted by molar-refractivity contribution is 7.20. The third-order valence-electron chi connectivity index (χ3n) is 4.19. The second kappa shape index (κ2) is 6.73. The van der Waals surface area contributed by atoms with Crippen LogP contribution in [0.3, 0.4) is 0 Å². The predicted molar refractivity (Wildman–Crippen MR) is 99.9 cm³/mol. The molecule has 0 saturated heterocycles. The van der Waals surface area contributed by atoms with Crippen molar-refractivity contribution in [3.63, 3.8) is 0 Å². The summed E-state index contributed by atoms with van der Waals surface area (Å²) in [6, 6.07) is 9.17. The second-order valence-corrected chi connectivity index (χ2v) is 7.37. The summed E-state index contributed by atoms with van der Waals surface area (Å²) in [5.74, 6) is -0.464. The Kier molecular flexibility index (Phi) is 4.62. The molecule has 0 aliphatic heterocycles. The number of fused-ring (bicyclic) bond motifs is 1. The van der Waals surface area contributed by atoms with Crippen molar-refractivity contribution in [2.24, 2.45) is 0 Å². The summed E-state index contributed by atoms with van der Waals surface area (Å²) in [6.07, 6.45) is 0. The summed E-state index contributed by atoms with van der Waals surface area (Å²) in [4.78, 5) is 29.7. The van der Waals surface area contributed by atoms with Gasteiger partial charge in [0.2, 0.25) is 0 Å². The largest absolute Gasteiger partial charge is 0.477 e. The first-order valence-corrected chi connectivity index (χ1v) is 8.91. The van der Waals surface area contributed by atoms with E-state index in [4.69, 9.17) is 5.26 Å². The van der Waals surface area contributed by atoms with Crippen LogP contribution in [-0.4, -0.2) is 20.6 Å². The molecule has 6 nitrogen and oxygen atoms in total. The van der Waals surface area contributed by atoms with Gasteiger partial charge in [-0.3, -0.25) is 9.36 Å². The highest BCUT2D eigenvalue weighted by Gasteiger charge is 2.22. The Labute approximate surface area is 154 Å². The zero-order valence-electron chi connectivity index (χ0n) is 14.6. The quantitative estimate of drug-likeness (QED) is 0.761. The molecular formula is C19H17N3O3S. The Morgan fingerprint density at radius 2 is 2.15 bits per heavy atom. The van der Waals surface area contributed by atoms with Gasteiger partial charge in [0.1, 0.15) is 15.5 Å². The summed E-state index contributed by atoms with van der Waals surface area (Å²) in [5.41, 5.74) is 1.54. The molecule has 0 aliphatic rings. The molecule has 0 aliphatic carbocycles. The minimum Gasteiger partial charge on any atom is -0.477 e. The minimum absolute atomic E-state index is 0.0121. The van der Waals surface area contributed by atoms with Gasteiger partial charge in [-0.05, 0) is 30.2 Å². The van der Waals surface area contributed by atoms with Crippen LogP contribution < -0.4 is 5.56 Å². The van der Waals surface area contributed by atoms with Crippen molar-refractivity contribution in [1.29, 1.82) is 5.26 Å². The number of carboxylic acids is 1. The van der Waals surface area contributed by atoms with Crippen molar-refractivity contribution in [3.05, 3.63) is 62.0 Å². The SMILES string of the molecule is Cc1c(C(=O)O)sc2nc(C(C)C)n(Cc3cccc(C#N)c3)c(=O)c12. The molecule has 7 heteroatoms. The lowest BCUT2D eigenvalue weighted by molar-refractivity contribution is 0.0701. The molecule has 2 heterocycles. The molecule has 2 aromatic heterocycles. The summed E-state index contributed by atoms with van der Waals surface area (Å²) < 4.78 is 1.58. The van der Waals surface area contributed by atoms with Gasteiger partial charge in [-0.1, -0.05) is 26.0 Å². The maximum absolute atomic E-state index is 13.1. The molecule has 3 aromatic rings. The lowest BCUT2D eigenvalue weighted by atomic mass is 10.1. The Hall–Kier alpha value is -2.98. The lowest BCUT2D eigenvalue weighted by Gasteiger charge is -2.15. The Bertz CT molecular complexity index is 1120. The molecule has 1 N–H and O–H groups in total. The number of aryl methyl sites for hydroxylation is 1. The Morgan fingerprint density at radius 1 is 1.42 bits per heavy atom. The van der Waals surface area contributed by atoms with E-state index in [1.165, 1.54) is 0 Å². The number of thiophene rings is 1. The smallest absolute Gasteiger partial charge is 0.346 e. The third kappa shape index (κ3) is 3.00. The first-order chi connectivity index (χ1) is 12.3. The number of rotatable bonds is 4. The fourth-order valence-electron chi connectivity index (χ4n) is 2.95. The van der Waals surface area contributed by atoms with Gasteiger partial charge >= 0.3 is 5.97 Å². The van der Waals surface area contributed by atoms with Gasteiger partial charge in [-0.15, -0.1) is 11.3 Å². The van der Waals surface area contributed by atoms with Gasteiger partial charge in [0, 0.05) is 5.92 Å². The van der Waals surface area contributed by atoms with Crippen molar-refractivity contribution >= 4 is 27.5 Å². The molecule has 26 heavy (non-hydrogen) atoms. The fourth-order valence-corrected chi connectivity index (χ4v) is 3.97. The zero-order chi connectivity index (χ0) is 19.0. The molecule has 0 amide bonds. The second-order valence-electron chi connectivity index (χ2n) is 6.37. The molecule has 0 unspecified atom stereocenters. The van der Waals surface area contributed by atoms with E-state index in [1.807, 2.05) is 19.9 Å². The number of carboxylic acid groups (broad SMARTS) is 1. The Balaban J connectivity index is 2.26. The highest BCUT2D eigenvalue weighted by atomic mass is 32.1. The van der Waals surface area contributed by atoms with Gasteiger partial charge in [0.15, 0.2) is 0 Å². The number of aromatic carboxylic acids is 1. The van der Waals surface area contributed by atoms with Crippen molar-refractivity contribution < 1.29 is 9.90 Å². The van der Waals surface area contributed by atoms with E-state index in [0.717, 1.165) is 16.9 Å². The van der Waals surface area contributed by atoms with Gasteiger partial charge in [0.25, 0.3) is 5.56 Å². The number of benzene rings is 1. The average molecular weight is 367 g/mol. The molecule has 0 spiro atoms. The summed E-state index contributed by atoms with van der Waals surface area (Å²) in [6.45, 7) is 5.80. The van der Waals surface area contributed by atoms with E-state index in [1.54, 1.807) is 29.7 Å². The first-order valence-electron chi connectivity index (χ1n) is 8.09. The lowest BCUT2D eigenvalue weighted by Crippen LogP contribution is -2.26. The van der Waals surface area contributed by atoms with Crippen LogP contribution in [0.1, 0.15) is 52.0 Å². The molecule has 0 saturated carbocycles. The normalized spacial score (nSPS) is 11.0. The summed E-state index contributed by atoms with van der Waals surface area (Å²) >= 11 is 1.03. The van der Waals surface area contributed by atoms with Crippen LogP contribution in [0.5, 0.6) is 0 Å². The van der Waals surface area contributed by atoms with E-state index in [0.29, 0.717) is 27.2 Å².